The number of fused-ring (bicyclic) bond motifs is 3. The number of rotatable bonds is 3. The third-order valence-corrected chi connectivity index (χ3v) is 10.5. The lowest BCUT2D eigenvalue weighted by Gasteiger charge is -2.59. The zero-order valence-electron chi connectivity index (χ0n) is 21.7. The fourth-order valence-corrected chi connectivity index (χ4v) is 8.82. The standard InChI is InChI=1S/C27H32O10/c1-21(2)20(30)25(31)22(3,11-8-16(28)33-6)15-7-10-23(4)17(14-9-12-34-13-14)35-19(29)18-26(23,36-18)24(15,5)27(25,32)37-21/h8-9,11-13,15,17-18,31-32H,7,10H2,1-6H3/t15?,17-,18+,22+,23-,24+,25-,26+,27-/m0/s1. The Morgan fingerprint density at radius 1 is 1.14 bits per heavy atom. The van der Waals surface area contributed by atoms with Crippen LogP contribution in [0.2, 0.25) is 0 Å². The monoisotopic (exact) mass is 516 g/mol. The Morgan fingerprint density at radius 3 is 2.46 bits per heavy atom. The van der Waals surface area contributed by atoms with Crippen LogP contribution in [-0.2, 0) is 33.3 Å². The van der Waals surface area contributed by atoms with Gasteiger partial charge in [0.1, 0.15) is 17.3 Å². The van der Waals surface area contributed by atoms with Crippen molar-refractivity contribution in [3.05, 3.63) is 36.3 Å². The number of methoxy groups -OCH3 is 1. The molecule has 5 fully saturated rings. The van der Waals surface area contributed by atoms with E-state index in [1.807, 2.05) is 6.92 Å². The van der Waals surface area contributed by atoms with Gasteiger partial charge in [0.2, 0.25) is 11.6 Å². The van der Waals surface area contributed by atoms with Crippen molar-refractivity contribution in [2.24, 2.45) is 22.2 Å². The minimum Gasteiger partial charge on any atom is -0.472 e. The van der Waals surface area contributed by atoms with Crippen molar-refractivity contribution in [1.82, 2.24) is 0 Å². The zero-order chi connectivity index (χ0) is 27.0. The van der Waals surface area contributed by atoms with Crippen molar-refractivity contribution in [3.8, 4) is 0 Å². The predicted molar refractivity (Wildman–Crippen MR) is 123 cm³/mol. The smallest absolute Gasteiger partial charge is 0.339 e. The van der Waals surface area contributed by atoms with Crippen LogP contribution in [0.3, 0.4) is 0 Å². The normalized spacial score (nSPS) is 51.2. The first-order chi connectivity index (χ1) is 17.1. The number of furan rings is 1. The molecule has 10 heteroatoms. The van der Waals surface area contributed by atoms with Crippen molar-refractivity contribution < 1.29 is 48.0 Å². The van der Waals surface area contributed by atoms with E-state index in [-0.39, 0.29) is 0 Å². The third kappa shape index (κ3) is 2.28. The molecular weight excluding hydrogens is 484 g/mol. The highest BCUT2D eigenvalue weighted by molar-refractivity contribution is 6.00. The van der Waals surface area contributed by atoms with E-state index >= 15 is 0 Å². The van der Waals surface area contributed by atoms with Crippen LogP contribution in [0.25, 0.3) is 0 Å². The Bertz CT molecular complexity index is 1250. The fourth-order valence-electron chi connectivity index (χ4n) is 8.82. The molecule has 1 aromatic rings. The van der Waals surface area contributed by atoms with E-state index < -0.39 is 74.7 Å². The first kappa shape index (κ1) is 24.8. The molecule has 2 aliphatic carbocycles. The quantitative estimate of drug-likeness (QED) is 0.347. The van der Waals surface area contributed by atoms with Crippen LogP contribution in [0.5, 0.6) is 0 Å². The highest BCUT2D eigenvalue weighted by Crippen LogP contribution is 2.84. The van der Waals surface area contributed by atoms with Gasteiger partial charge in [-0.1, -0.05) is 26.8 Å². The van der Waals surface area contributed by atoms with E-state index in [1.165, 1.54) is 39.6 Å². The van der Waals surface area contributed by atoms with Gasteiger partial charge < -0.3 is 33.6 Å². The molecule has 5 aliphatic rings. The van der Waals surface area contributed by atoms with Crippen LogP contribution < -0.4 is 0 Å². The molecule has 2 N–H and O–H groups in total. The number of aliphatic hydroxyl groups is 2. The van der Waals surface area contributed by atoms with Gasteiger partial charge in [-0.25, -0.2) is 9.59 Å². The molecule has 4 heterocycles. The number of carbonyl (C=O) groups is 3. The summed E-state index contributed by atoms with van der Waals surface area (Å²) in [4.78, 5) is 39.3. The second-order valence-corrected chi connectivity index (χ2v) is 12.3. The number of hydrogen-bond acceptors (Lipinski definition) is 10. The Balaban J connectivity index is 1.62. The Labute approximate surface area is 213 Å². The van der Waals surface area contributed by atoms with Crippen molar-refractivity contribution >= 4 is 17.7 Å². The Morgan fingerprint density at radius 2 is 1.84 bits per heavy atom. The number of Topliss-reactive ketones (excluding diaryl/α,β-unsaturated/α-hetero) is 1. The van der Waals surface area contributed by atoms with Gasteiger partial charge in [0.05, 0.1) is 25.1 Å². The largest absolute Gasteiger partial charge is 0.472 e. The Hall–Kier alpha value is -2.53. The summed E-state index contributed by atoms with van der Waals surface area (Å²) in [5.41, 5.74) is -8.55. The van der Waals surface area contributed by atoms with Gasteiger partial charge in [0.25, 0.3) is 0 Å². The first-order valence-electron chi connectivity index (χ1n) is 12.5. The van der Waals surface area contributed by atoms with Crippen LogP contribution in [-0.4, -0.2) is 63.7 Å². The van der Waals surface area contributed by atoms with E-state index in [1.54, 1.807) is 19.9 Å². The van der Waals surface area contributed by atoms with Gasteiger partial charge in [-0.15, -0.1) is 0 Å². The van der Waals surface area contributed by atoms with Gasteiger partial charge in [-0.2, -0.15) is 0 Å². The maximum absolute atomic E-state index is 13.9. The second-order valence-electron chi connectivity index (χ2n) is 12.3. The van der Waals surface area contributed by atoms with Gasteiger partial charge in [-0.05, 0) is 38.7 Å². The second kappa shape index (κ2) is 6.72. The minimum absolute atomic E-state index is 0.403. The molecule has 0 amide bonds. The minimum atomic E-state index is -2.46. The van der Waals surface area contributed by atoms with Crippen molar-refractivity contribution in [1.29, 1.82) is 0 Å². The van der Waals surface area contributed by atoms with Crippen LogP contribution in [0.4, 0.5) is 0 Å². The van der Waals surface area contributed by atoms with Crippen LogP contribution in [0, 0.1) is 22.2 Å². The maximum atomic E-state index is 13.9. The summed E-state index contributed by atoms with van der Waals surface area (Å²) in [6.45, 7) is 8.27. The molecule has 37 heavy (non-hydrogen) atoms. The highest BCUT2D eigenvalue weighted by Gasteiger charge is 2.98. The van der Waals surface area contributed by atoms with E-state index in [4.69, 9.17) is 23.4 Å². The molecule has 1 unspecified atom stereocenters. The number of esters is 2. The molecule has 0 bridgehead atoms. The van der Waals surface area contributed by atoms with Gasteiger partial charge >= 0.3 is 11.9 Å². The molecule has 9 atom stereocenters. The lowest BCUT2D eigenvalue weighted by Crippen LogP contribution is -2.70. The summed E-state index contributed by atoms with van der Waals surface area (Å²) in [6.07, 6.45) is 4.68. The van der Waals surface area contributed by atoms with Gasteiger partial charge in [0, 0.05) is 22.5 Å². The molecule has 1 spiro atoms. The number of ketones is 1. The van der Waals surface area contributed by atoms with Crippen LogP contribution in [0.1, 0.15) is 59.1 Å². The summed E-state index contributed by atoms with van der Waals surface area (Å²) >= 11 is 0. The highest BCUT2D eigenvalue weighted by atomic mass is 16.7. The summed E-state index contributed by atoms with van der Waals surface area (Å²) in [7, 11) is 1.23. The number of carbonyl (C=O) groups excluding carboxylic acids is 3. The molecule has 0 aromatic carbocycles. The van der Waals surface area contributed by atoms with E-state index in [9.17, 15) is 24.6 Å². The van der Waals surface area contributed by atoms with Crippen molar-refractivity contribution in [3.63, 3.8) is 0 Å². The van der Waals surface area contributed by atoms with Crippen molar-refractivity contribution in [2.45, 2.75) is 82.3 Å². The molecule has 0 radical (unpaired) electrons. The van der Waals surface area contributed by atoms with Gasteiger partial charge in [0.15, 0.2) is 11.7 Å². The first-order valence-corrected chi connectivity index (χ1v) is 12.5. The van der Waals surface area contributed by atoms with E-state index in [0.717, 1.165) is 6.08 Å². The molecular formula is C27H32O10. The van der Waals surface area contributed by atoms with Crippen molar-refractivity contribution in [2.75, 3.05) is 7.11 Å². The number of ether oxygens (including phenoxy) is 4. The molecule has 3 aliphatic heterocycles. The summed E-state index contributed by atoms with van der Waals surface area (Å²) in [5.74, 6) is -5.08. The number of epoxide rings is 1. The zero-order valence-corrected chi connectivity index (χ0v) is 21.7. The SMILES string of the molecule is COC(=O)C=C[C@]1(C)C2CC[C@@]3(C)[C@H](c4ccoc4)OC(=O)[C@H]4O[C@]43[C@]2(C)[C@]2(O)OC(C)(C)C(=O)[C@@]21O. The summed E-state index contributed by atoms with van der Waals surface area (Å²) < 4.78 is 28.4. The molecule has 10 nitrogen and oxygen atoms in total. The average Bonchev–Trinajstić information content (AvgIpc) is 3.33. The molecule has 2 saturated carbocycles. The molecule has 200 valence electrons. The van der Waals surface area contributed by atoms with Crippen LogP contribution in [0.15, 0.2) is 35.2 Å². The summed E-state index contributed by atoms with van der Waals surface area (Å²) in [6, 6.07) is 1.72. The topological polar surface area (TPSA) is 145 Å². The predicted octanol–water partition coefficient (Wildman–Crippen LogP) is 1.98. The van der Waals surface area contributed by atoms with Gasteiger partial charge in [-0.3, -0.25) is 4.79 Å². The molecule has 6 rings (SSSR count). The number of cyclic esters (lactones) is 1. The molecule has 1 aromatic heterocycles. The Kier molecular flexibility index (Phi) is 4.50. The molecule has 3 saturated heterocycles. The number of hydrogen-bond donors (Lipinski definition) is 2. The third-order valence-electron chi connectivity index (χ3n) is 10.5. The average molecular weight is 517 g/mol. The summed E-state index contributed by atoms with van der Waals surface area (Å²) in [5, 5.41) is 25.0. The van der Waals surface area contributed by atoms with Crippen LogP contribution >= 0.6 is 0 Å². The lowest BCUT2D eigenvalue weighted by molar-refractivity contribution is -0.340. The lowest BCUT2D eigenvalue weighted by atomic mass is 9.45. The van der Waals surface area contributed by atoms with E-state index in [2.05, 4.69) is 0 Å². The fraction of sp³-hybridized carbons (Fsp3) is 0.667. The maximum Gasteiger partial charge on any atom is 0.339 e. The van der Waals surface area contributed by atoms with E-state index in [0.29, 0.717) is 18.4 Å².